The average molecular weight is 387 g/mol. The third-order valence-corrected chi connectivity index (χ3v) is 5.08. The maximum absolute atomic E-state index is 13.4. The summed E-state index contributed by atoms with van der Waals surface area (Å²) in [4.78, 5) is 14.6. The zero-order chi connectivity index (χ0) is 20.1. The molecule has 0 bridgehead atoms. The molecule has 2 aromatic carbocycles. The number of anilines is 1. The smallest absolute Gasteiger partial charge is 0.319 e. The number of hydrogen-bond donors (Lipinski definition) is 2. The molecule has 1 aliphatic heterocycles. The van der Waals surface area contributed by atoms with Gasteiger partial charge in [-0.3, -0.25) is 4.90 Å². The Morgan fingerprint density at radius 2 is 1.82 bits per heavy atom. The first kappa shape index (κ1) is 20.3. The fourth-order valence-corrected chi connectivity index (χ4v) is 3.41. The van der Waals surface area contributed by atoms with Crippen LogP contribution in [0.25, 0.3) is 0 Å². The molecular weight excluding hydrogens is 360 g/mol. The highest BCUT2D eigenvalue weighted by Gasteiger charge is 2.25. The number of alkyl halides is 2. The molecule has 2 N–H and O–H groups in total. The Morgan fingerprint density at radius 3 is 2.46 bits per heavy atom. The van der Waals surface area contributed by atoms with Gasteiger partial charge < -0.3 is 10.6 Å². The second-order valence-electron chi connectivity index (χ2n) is 7.60. The predicted octanol–water partition coefficient (Wildman–Crippen LogP) is 4.89. The van der Waals surface area contributed by atoms with E-state index in [0.717, 1.165) is 39.4 Å². The van der Waals surface area contributed by atoms with E-state index >= 15 is 0 Å². The highest BCUT2D eigenvalue weighted by molar-refractivity contribution is 5.89. The second kappa shape index (κ2) is 8.69. The van der Waals surface area contributed by atoms with Crippen LogP contribution >= 0.6 is 0 Å². The Labute approximate surface area is 164 Å². The molecule has 2 amide bonds. The number of urea groups is 1. The van der Waals surface area contributed by atoms with Crippen LogP contribution in [-0.4, -0.2) is 30.1 Å². The molecule has 3 rings (SSSR count). The highest BCUT2D eigenvalue weighted by Crippen LogP contribution is 2.28. The summed E-state index contributed by atoms with van der Waals surface area (Å²) in [5.74, 6) is -2.93. The van der Waals surface area contributed by atoms with Gasteiger partial charge in [-0.1, -0.05) is 42.0 Å². The lowest BCUT2D eigenvalue weighted by molar-refractivity contribution is 0.0175. The van der Waals surface area contributed by atoms with Crippen molar-refractivity contribution >= 4 is 11.7 Å². The van der Waals surface area contributed by atoms with E-state index in [1.165, 1.54) is 29.3 Å². The number of aryl methyl sites for hydroxylation is 1. The molecule has 0 atom stereocenters. The van der Waals surface area contributed by atoms with Gasteiger partial charge in [0.2, 0.25) is 0 Å². The van der Waals surface area contributed by atoms with Crippen molar-refractivity contribution in [3.63, 3.8) is 0 Å². The van der Waals surface area contributed by atoms with E-state index < -0.39 is 5.92 Å². The summed E-state index contributed by atoms with van der Waals surface area (Å²) in [5, 5.41) is 5.61. The number of rotatable bonds is 5. The summed E-state index contributed by atoms with van der Waals surface area (Å²) in [6.45, 7) is 5.66. The zero-order valence-corrected chi connectivity index (χ0v) is 16.3. The number of carbonyl (C=O) groups is 1. The number of benzene rings is 2. The van der Waals surface area contributed by atoms with Crippen molar-refractivity contribution < 1.29 is 13.6 Å². The first-order valence-electron chi connectivity index (χ1n) is 9.63. The summed E-state index contributed by atoms with van der Waals surface area (Å²) < 4.78 is 26.8. The third kappa shape index (κ3) is 5.76. The largest absolute Gasteiger partial charge is 0.335 e. The first-order valence-corrected chi connectivity index (χ1v) is 9.63. The minimum absolute atomic E-state index is 0.0880. The van der Waals surface area contributed by atoms with Crippen LogP contribution in [0.4, 0.5) is 19.3 Å². The molecule has 1 saturated heterocycles. The van der Waals surface area contributed by atoms with Gasteiger partial charge in [-0.25, -0.2) is 13.6 Å². The molecule has 0 unspecified atom stereocenters. The summed E-state index contributed by atoms with van der Waals surface area (Å²) >= 11 is 0. The standard InChI is InChI=1S/C22H27F2N3O/c1-16-6-8-17(9-7-16)15-27-12-10-19(11-13-27)25-21(28)26-20-5-3-4-18(14-20)22(2,23)24/h3-9,14,19H,10-13,15H2,1-2H3,(H2,25,26,28). The summed E-state index contributed by atoms with van der Waals surface area (Å²) in [7, 11) is 0. The molecule has 0 saturated carbocycles. The molecule has 0 aliphatic carbocycles. The molecule has 4 nitrogen and oxygen atoms in total. The number of carbonyl (C=O) groups excluding carboxylic acids is 1. The Hall–Kier alpha value is -2.47. The first-order chi connectivity index (χ1) is 13.3. The lowest BCUT2D eigenvalue weighted by Crippen LogP contribution is -2.45. The molecular formula is C22H27F2N3O. The second-order valence-corrected chi connectivity index (χ2v) is 7.60. The molecule has 0 radical (unpaired) electrons. The van der Waals surface area contributed by atoms with E-state index in [0.29, 0.717) is 5.69 Å². The Balaban J connectivity index is 1.45. The fourth-order valence-electron chi connectivity index (χ4n) is 3.41. The van der Waals surface area contributed by atoms with Gasteiger partial charge in [-0.2, -0.15) is 0 Å². The SMILES string of the molecule is Cc1ccc(CN2CCC(NC(=O)Nc3cccc(C(C)(F)F)c3)CC2)cc1. The minimum atomic E-state index is -2.93. The van der Waals surface area contributed by atoms with E-state index in [2.05, 4.69) is 46.7 Å². The van der Waals surface area contributed by atoms with Gasteiger partial charge in [0.05, 0.1) is 0 Å². The van der Waals surface area contributed by atoms with Crippen molar-refractivity contribution in [1.29, 1.82) is 0 Å². The lowest BCUT2D eigenvalue weighted by atomic mass is 10.0. The van der Waals surface area contributed by atoms with Gasteiger partial charge in [0.1, 0.15) is 0 Å². The van der Waals surface area contributed by atoms with Crippen molar-refractivity contribution in [3.8, 4) is 0 Å². The maximum Gasteiger partial charge on any atom is 0.319 e. The number of piperidine rings is 1. The molecule has 0 aromatic heterocycles. The van der Waals surface area contributed by atoms with E-state index in [-0.39, 0.29) is 17.6 Å². The summed E-state index contributed by atoms with van der Waals surface area (Å²) in [5.41, 5.74) is 2.80. The van der Waals surface area contributed by atoms with Crippen LogP contribution < -0.4 is 10.6 Å². The Bertz CT molecular complexity index is 794. The van der Waals surface area contributed by atoms with Crippen LogP contribution in [0.2, 0.25) is 0 Å². The van der Waals surface area contributed by atoms with Gasteiger partial charge in [0.15, 0.2) is 0 Å². The monoisotopic (exact) mass is 387 g/mol. The van der Waals surface area contributed by atoms with Crippen LogP contribution in [0, 0.1) is 6.92 Å². The molecule has 0 spiro atoms. The summed E-state index contributed by atoms with van der Waals surface area (Å²) in [6, 6.07) is 14.1. The predicted molar refractivity (Wildman–Crippen MR) is 108 cm³/mol. The van der Waals surface area contributed by atoms with Gasteiger partial charge in [-0.05, 0) is 37.5 Å². The van der Waals surface area contributed by atoms with Gasteiger partial charge in [-0.15, -0.1) is 0 Å². The Kier molecular flexibility index (Phi) is 6.29. The Morgan fingerprint density at radius 1 is 1.14 bits per heavy atom. The van der Waals surface area contributed by atoms with E-state index in [9.17, 15) is 13.6 Å². The number of amides is 2. The van der Waals surface area contributed by atoms with E-state index in [4.69, 9.17) is 0 Å². The number of likely N-dealkylation sites (tertiary alicyclic amines) is 1. The van der Waals surface area contributed by atoms with Gasteiger partial charge >= 0.3 is 6.03 Å². The van der Waals surface area contributed by atoms with Crippen LogP contribution in [-0.2, 0) is 12.5 Å². The fraction of sp³-hybridized carbons (Fsp3) is 0.409. The van der Waals surface area contributed by atoms with E-state index in [1.807, 2.05) is 0 Å². The van der Waals surface area contributed by atoms with Crippen molar-refractivity contribution in [2.45, 2.75) is 45.2 Å². The normalized spacial score (nSPS) is 16.0. The number of hydrogen-bond acceptors (Lipinski definition) is 2. The van der Waals surface area contributed by atoms with Crippen LogP contribution in [0.1, 0.15) is 36.5 Å². The van der Waals surface area contributed by atoms with Crippen molar-refractivity contribution in [3.05, 3.63) is 65.2 Å². The molecule has 1 heterocycles. The minimum Gasteiger partial charge on any atom is -0.335 e. The molecule has 1 aliphatic rings. The molecule has 1 fully saturated rings. The topological polar surface area (TPSA) is 44.4 Å². The number of halogens is 2. The highest BCUT2D eigenvalue weighted by atomic mass is 19.3. The van der Waals surface area contributed by atoms with Crippen molar-refractivity contribution in [2.75, 3.05) is 18.4 Å². The van der Waals surface area contributed by atoms with Crippen molar-refractivity contribution in [2.24, 2.45) is 0 Å². The van der Waals surface area contributed by atoms with Crippen molar-refractivity contribution in [1.82, 2.24) is 10.2 Å². The van der Waals surface area contributed by atoms with Crippen LogP contribution in [0.3, 0.4) is 0 Å². The van der Waals surface area contributed by atoms with Gasteiger partial charge in [0.25, 0.3) is 5.92 Å². The number of nitrogens with one attached hydrogen (secondary N) is 2. The zero-order valence-electron chi connectivity index (χ0n) is 16.3. The van der Waals surface area contributed by atoms with Crippen LogP contribution in [0.5, 0.6) is 0 Å². The molecule has 2 aromatic rings. The quantitative estimate of drug-likeness (QED) is 0.767. The lowest BCUT2D eigenvalue weighted by Gasteiger charge is -2.32. The summed E-state index contributed by atoms with van der Waals surface area (Å²) in [6.07, 6.45) is 1.73. The maximum atomic E-state index is 13.4. The van der Waals surface area contributed by atoms with Crippen LogP contribution in [0.15, 0.2) is 48.5 Å². The molecule has 6 heteroatoms. The third-order valence-electron chi connectivity index (χ3n) is 5.08. The average Bonchev–Trinajstić information content (AvgIpc) is 2.65. The van der Waals surface area contributed by atoms with Gasteiger partial charge in [0, 0.05) is 43.9 Å². The molecule has 28 heavy (non-hydrogen) atoms. The molecule has 150 valence electrons. The van der Waals surface area contributed by atoms with E-state index in [1.54, 1.807) is 6.07 Å². The number of nitrogens with zero attached hydrogens (tertiary/aromatic N) is 1.